The van der Waals surface area contributed by atoms with Crippen molar-refractivity contribution in [1.82, 2.24) is 9.80 Å². The van der Waals surface area contributed by atoms with Crippen molar-refractivity contribution in [2.45, 2.75) is 32.4 Å². The molecule has 43 heavy (non-hydrogen) atoms. The van der Waals surface area contributed by atoms with Gasteiger partial charge in [0, 0.05) is 32.5 Å². The Morgan fingerprint density at radius 3 is 2.40 bits per heavy atom. The molecule has 0 aliphatic heterocycles. The second-order valence-corrected chi connectivity index (χ2v) is 12.2. The fraction of sp³-hybridized carbons (Fsp3) is 0.265. The van der Waals surface area contributed by atoms with Crippen LogP contribution >= 0.6 is 22.7 Å². The Bertz CT molecular complexity index is 1630. The van der Waals surface area contributed by atoms with E-state index in [0.717, 1.165) is 65.6 Å². The molecular weight excluding hydrogens is 571 g/mol. The summed E-state index contributed by atoms with van der Waals surface area (Å²) in [5, 5.41) is 12.9. The van der Waals surface area contributed by atoms with Gasteiger partial charge in [0.05, 0.1) is 27.2 Å². The Hall–Kier alpha value is -4.25. The minimum atomic E-state index is 0.407. The number of nitrogens with two attached hydrogens (primary N) is 2. The molecule has 2 heterocycles. The molecule has 0 bridgehead atoms. The minimum absolute atomic E-state index is 0.407. The average Bonchev–Trinajstić information content (AvgIpc) is 3.68. The van der Waals surface area contributed by atoms with Gasteiger partial charge in [-0.05, 0) is 90.4 Å². The third-order valence-electron chi connectivity index (χ3n) is 6.79. The highest BCUT2D eigenvalue weighted by atomic mass is 32.1. The Balaban J connectivity index is 1.43. The summed E-state index contributed by atoms with van der Waals surface area (Å²) in [7, 11) is 4.13. The second kappa shape index (κ2) is 15.8. The molecular formula is C34H37N7S2. The lowest BCUT2D eigenvalue weighted by molar-refractivity contribution is 0.324. The van der Waals surface area contributed by atoms with Crippen molar-refractivity contribution in [3.05, 3.63) is 92.3 Å². The highest BCUT2D eigenvalue weighted by Gasteiger charge is 2.12. The van der Waals surface area contributed by atoms with Crippen LogP contribution < -0.4 is 11.5 Å². The molecule has 0 spiro atoms. The van der Waals surface area contributed by atoms with Crippen LogP contribution in [0.3, 0.4) is 0 Å². The fourth-order valence-corrected chi connectivity index (χ4v) is 6.13. The first-order chi connectivity index (χ1) is 20.9. The van der Waals surface area contributed by atoms with Crippen molar-refractivity contribution < 1.29 is 0 Å². The van der Waals surface area contributed by atoms with Crippen LogP contribution in [0.2, 0.25) is 0 Å². The third-order valence-corrected chi connectivity index (χ3v) is 8.67. The van der Waals surface area contributed by atoms with Crippen LogP contribution in [0.25, 0.3) is 11.1 Å². The summed E-state index contributed by atoms with van der Waals surface area (Å²) in [6.07, 6.45) is 7.66. The van der Waals surface area contributed by atoms with Crippen molar-refractivity contribution >= 4 is 45.7 Å². The number of rotatable bonds is 14. The van der Waals surface area contributed by atoms with Crippen LogP contribution in [0, 0.1) is 23.7 Å². The summed E-state index contributed by atoms with van der Waals surface area (Å²) in [6, 6.07) is 22.7. The number of unbranched alkanes of at least 4 members (excludes halogenated alkanes) is 1. The molecule has 220 valence electrons. The van der Waals surface area contributed by atoms with E-state index in [2.05, 4.69) is 81.7 Å². The first-order valence-electron chi connectivity index (χ1n) is 14.1. The number of thiophene rings is 2. The maximum absolute atomic E-state index is 8.85. The number of aliphatic imine (C=N–C) groups is 2. The highest BCUT2D eigenvalue weighted by molar-refractivity contribution is 7.13. The molecule has 0 fully saturated rings. The van der Waals surface area contributed by atoms with Gasteiger partial charge in [-0.2, -0.15) is 5.26 Å². The number of nitrogens with zero attached hydrogens (tertiary/aromatic N) is 5. The quantitative estimate of drug-likeness (QED) is 0.0715. The number of amidine groups is 2. The van der Waals surface area contributed by atoms with E-state index in [1.54, 1.807) is 11.3 Å². The van der Waals surface area contributed by atoms with Gasteiger partial charge in [0.25, 0.3) is 0 Å². The van der Waals surface area contributed by atoms with E-state index >= 15 is 0 Å². The second-order valence-electron chi connectivity index (χ2n) is 10.4. The lowest BCUT2D eigenvalue weighted by Crippen LogP contribution is -2.18. The first kappa shape index (κ1) is 31.7. The molecule has 2 aromatic carbocycles. The Morgan fingerprint density at radius 1 is 0.860 bits per heavy atom. The van der Waals surface area contributed by atoms with Crippen molar-refractivity contribution in [3.8, 4) is 29.5 Å². The lowest BCUT2D eigenvalue weighted by atomic mass is 10.1. The number of hydrogen-bond acceptors (Lipinski definition) is 7. The van der Waals surface area contributed by atoms with E-state index in [-0.39, 0.29) is 0 Å². The van der Waals surface area contributed by atoms with Crippen LogP contribution in [-0.2, 0) is 13.1 Å². The Labute approximate surface area is 262 Å². The smallest absolute Gasteiger partial charge is 0.143 e. The van der Waals surface area contributed by atoms with Crippen LogP contribution in [0.4, 0.5) is 11.4 Å². The highest BCUT2D eigenvalue weighted by Crippen LogP contribution is 2.30. The maximum atomic E-state index is 8.85. The number of hydrogen-bond donors (Lipinski definition) is 2. The molecule has 0 amide bonds. The molecule has 0 atom stereocenters. The van der Waals surface area contributed by atoms with E-state index < -0.39 is 0 Å². The predicted octanol–water partition coefficient (Wildman–Crippen LogP) is 6.74. The Kier molecular flexibility index (Phi) is 11.7. The summed E-state index contributed by atoms with van der Waals surface area (Å²) in [5.41, 5.74) is 19.0. The molecule has 0 radical (unpaired) electrons. The van der Waals surface area contributed by atoms with Gasteiger partial charge in [-0.1, -0.05) is 30.3 Å². The molecule has 0 saturated carbocycles. The number of terminal acetylenes is 1. The zero-order chi connectivity index (χ0) is 30.6. The topological polar surface area (TPSA) is 107 Å². The number of nitriles is 1. The maximum Gasteiger partial charge on any atom is 0.143 e. The largest absolute Gasteiger partial charge is 0.383 e. The minimum Gasteiger partial charge on any atom is -0.383 e. The molecule has 0 aliphatic rings. The summed E-state index contributed by atoms with van der Waals surface area (Å²) in [4.78, 5) is 15.5. The van der Waals surface area contributed by atoms with Gasteiger partial charge in [0.1, 0.15) is 11.7 Å². The van der Waals surface area contributed by atoms with E-state index in [1.165, 1.54) is 22.5 Å². The van der Waals surface area contributed by atoms with Crippen molar-refractivity contribution in [1.29, 1.82) is 5.26 Å². The molecule has 0 unspecified atom stereocenters. The van der Waals surface area contributed by atoms with Crippen molar-refractivity contribution in [2.75, 3.05) is 27.2 Å². The molecule has 7 nitrogen and oxygen atoms in total. The van der Waals surface area contributed by atoms with Gasteiger partial charge in [-0.3, -0.25) is 0 Å². The van der Waals surface area contributed by atoms with Crippen LogP contribution in [0.15, 0.2) is 81.4 Å². The fourth-order valence-electron chi connectivity index (χ4n) is 4.58. The molecule has 4 aromatic rings. The normalized spacial score (nSPS) is 12.0. The summed E-state index contributed by atoms with van der Waals surface area (Å²) in [6.45, 7) is 3.35. The van der Waals surface area contributed by atoms with E-state index in [0.29, 0.717) is 23.8 Å². The summed E-state index contributed by atoms with van der Waals surface area (Å²) < 4.78 is 0. The van der Waals surface area contributed by atoms with Gasteiger partial charge < -0.3 is 21.3 Å². The van der Waals surface area contributed by atoms with Crippen LogP contribution in [-0.4, -0.2) is 48.7 Å². The number of benzene rings is 2. The van der Waals surface area contributed by atoms with Crippen molar-refractivity contribution in [3.63, 3.8) is 0 Å². The zero-order valence-corrected chi connectivity index (χ0v) is 26.3. The zero-order valence-electron chi connectivity index (χ0n) is 24.7. The first-order valence-corrected chi connectivity index (χ1v) is 15.8. The third kappa shape index (κ3) is 9.37. The van der Waals surface area contributed by atoms with E-state index in [9.17, 15) is 0 Å². The average molecular weight is 608 g/mol. The lowest BCUT2D eigenvalue weighted by Gasteiger charge is -2.15. The van der Waals surface area contributed by atoms with Crippen LogP contribution in [0.5, 0.6) is 0 Å². The van der Waals surface area contributed by atoms with Gasteiger partial charge in [0.2, 0.25) is 0 Å². The standard InChI is InChI=1S/C34H37N7S2/c1-4-5-6-17-40(2)22-25-11-13-29(14-12-25)38-34(37)32-30(15-19-42-32)39-33(36)31-21-28(24-43-31)27-10-7-9-26(20-27)23-41(3)18-8-16-35/h1,7,9-15,19-21,24H,5-6,8,17-18,22-23H2,2-3H3,(H2,36,39)(H2,37,38). The molecule has 2 aromatic heterocycles. The molecule has 0 aliphatic carbocycles. The molecule has 0 saturated heterocycles. The molecule has 4 N–H and O–H groups in total. The van der Waals surface area contributed by atoms with Gasteiger partial charge in [-0.15, -0.1) is 35.0 Å². The predicted molar refractivity (Wildman–Crippen MR) is 182 cm³/mol. The van der Waals surface area contributed by atoms with Gasteiger partial charge in [-0.25, -0.2) is 9.98 Å². The summed E-state index contributed by atoms with van der Waals surface area (Å²) in [5.74, 6) is 3.53. The van der Waals surface area contributed by atoms with Gasteiger partial charge >= 0.3 is 0 Å². The SMILES string of the molecule is C#CCCCN(C)Cc1ccc(N=C(N)c2sccc2N=C(N)c2cc(-c3cccc(CN(C)CCC#N)c3)cs2)cc1. The van der Waals surface area contributed by atoms with Crippen LogP contribution in [0.1, 0.15) is 40.1 Å². The van der Waals surface area contributed by atoms with E-state index in [4.69, 9.17) is 28.1 Å². The Morgan fingerprint density at radius 2 is 1.63 bits per heavy atom. The summed E-state index contributed by atoms with van der Waals surface area (Å²) >= 11 is 3.05. The van der Waals surface area contributed by atoms with E-state index in [1.807, 2.05) is 30.6 Å². The monoisotopic (exact) mass is 607 g/mol. The van der Waals surface area contributed by atoms with Crippen molar-refractivity contribution in [2.24, 2.45) is 21.5 Å². The molecule has 9 heteroatoms. The molecule has 4 rings (SSSR count). The van der Waals surface area contributed by atoms with Gasteiger partial charge in [0.15, 0.2) is 0 Å².